The number of aryl methyl sites for hydroxylation is 1. The Morgan fingerprint density at radius 2 is 1.96 bits per heavy atom. The molecule has 0 aromatic heterocycles. The number of halogens is 1. The monoisotopic (exact) mass is 364 g/mol. The van der Waals surface area contributed by atoms with E-state index in [9.17, 15) is 9.18 Å². The van der Waals surface area contributed by atoms with Gasteiger partial charge in [-0.05, 0) is 42.2 Å². The molecular weight excluding hydrogens is 339 g/mol. The quantitative estimate of drug-likeness (QED) is 0.349. The lowest BCUT2D eigenvalue weighted by Gasteiger charge is -2.13. The first kappa shape index (κ1) is 20.4. The molecule has 1 aromatic rings. The second-order valence-corrected chi connectivity index (χ2v) is 6.69. The Labute approximate surface area is 160 Å². The SMILES string of the molecule is C=C/C=C(\C=C/C(C)C)C(=O)OC1C=CC=C(c2ccc(C)cc2)C=C1F. The minimum absolute atomic E-state index is 0.279. The van der Waals surface area contributed by atoms with E-state index < -0.39 is 17.9 Å². The van der Waals surface area contributed by atoms with Crippen molar-refractivity contribution in [3.05, 3.63) is 102 Å². The van der Waals surface area contributed by atoms with Crippen molar-refractivity contribution < 1.29 is 13.9 Å². The van der Waals surface area contributed by atoms with Crippen LogP contribution in [0.5, 0.6) is 0 Å². The molecule has 3 heteroatoms. The van der Waals surface area contributed by atoms with Crippen molar-refractivity contribution >= 4 is 11.5 Å². The molecule has 0 bridgehead atoms. The molecule has 1 unspecified atom stereocenters. The van der Waals surface area contributed by atoms with Crippen LogP contribution in [0.2, 0.25) is 0 Å². The van der Waals surface area contributed by atoms with Gasteiger partial charge in [-0.1, -0.05) is 80.6 Å². The number of esters is 1. The molecule has 0 fully saturated rings. The lowest BCUT2D eigenvalue weighted by Crippen LogP contribution is -2.17. The molecule has 0 saturated carbocycles. The highest BCUT2D eigenvalue weighted by Crippen LogP contribution is 2.25. The van der Waals surface area contributed by atoms with Crippen LogP contribution in [0.1, 0.15) is 25.0 Å². The van der Waals surface area contributed by atoms with Gasteiger partial charge in [-0.2, -0.15) is 0 Å². The maximum atomic E-state index is 14.7. The van der Waals surface area contributed by atoms with Crippen LogP contribution in [-0.2, 0) is 9.53 Å². The third kappa shape index (κ3) is 6.07. The Hall–Kier alpha value is -2.94. The number of benzene rings is 1. The number of rotatable bonds is 6. The standard InChI is InChI=1S/C24H25FO2/c1-5-7-20(13-10-17(2)3)24(26)27-23-9-6-8-21(16-22(23)25)19-14-11-18(4)12-15-19/h5-17,23H,1H2,2-4H3/b13-10-,20-7+. The molecule has 1 aromatic carbocycles. The van der Waals surface area contributed by atoms with E-state index in [1.54, 1.807) is 24.3 Å². The number of allylic oxidation sites excluding steroid dienone is 7. The maximum absolute atomic E-state index is 14.7. The van der Waals surface area contributed by atoms with Gasteiger partial charge in [0, 0.05) is 0 Å². The summed E-state index contributed by atoms with van der Waals surface area (Å²) in [6, 6.07) is 7.82. The minimum Gasteiger partial charge on any atom is -0.447 e. The molecule has 1 atom stereocenters. The summed E-state index contributed by atoms with van der Waals surface area (Å²) in [7, 11) is 0. The summed E-state index contributed by atoms with van der Waals surface area (Å²) in [6.45, 7) is 9.61. The molecule has 0 N–H and O–H groups in total. The summed E-state index contributed by atoms with van der Waals surface area (Å²) in [4.78, 5) is 12.4. The summed E-state index contributed by atoms with van der Waals surface area (Å²) >= 11 is 0. The molecule has 0 heterocycles. The van der Waals surface area contributed by atoms with Crippen LogP contribution >= 0.6 is 0 Å². The van der Waals surface area contributed by atoms with Crippen molar-refractivity contribution in [2.75, 3.05) is 0 Å². The second-order valence-electron chi connectivity index (χ2n) is 6.69. The summed E-state index contributed by atoms with van der Waals surface area (Å²) in [6.07, 6.45) is 12.0. The van der Waals surface area contributed by atoms with Gasteiger partial charge in [0.2, 0.25) is 0 Å². The van der Waals surface area contributed by atoms with Crippen LogP contribution in [0.25, 0.3) is 5.57 Å². The third-order valence-electron chi connectivity index (χ3n) is 3.94. The molecule has 140 valence electrons. The van der Waals surface area contributed by atoms with Gasteiger partial charge < -0.3 is 4.74 Å². The van der Waals surface area contributed by atoms with Crippen molar-refractivity contribution in [1.82, 2.24) is 0 Å². The average Bonchev–Trinajstić information content (AvgIpc) is 2.81. The number of hydrogen-bond donors (Lipinski definition) is 0. The van der Waals surface area contributed by atoms with E-state index >= 15 is 0 Å². The van der Waals surface area contributed by atoms with Crippen LogP contribution in [0.4, 0.5) is 4.39 Å². The fourth-order valence-corrected chi connectivity index (χ4v) is 2.45. The molecule has 0 radical (unpaired) electrons. The van der Waals surface area contributed by atoms with Gasteiger partial charge in [-0.15, -0.1) is 0 Å². The van der Waals surface area contributed by atoms with Crippen LogP contribution in [0, 0.1) is 12.8 Å². The van der Waals surface area contributed by atoms with E-state index in [0.29, 0.717) is 5.57 Å². The Morgan fingerprint density at radius 1 is 1.26 bits per heavy atom. The predicted octanol–water partition coefficient (Wildman–Crippen LogP) is 6.04. The second kappa shape index (κ2) is 9.67. The smallest absolute Gasteiger partial charge is 0.339 e. The fraction of sp³-hybridized carbons (Fsp3) is 0.208. The highest BCUT2D eigenvalue weighted by atomic mass is 19.1. The van der Waals surface area contributed by atoms with E-state index in [2.05, 4.69) is 6.58 Å². The largest absolute Gasteiger partial charge is 0.447 e. The molecule has 0 aliphatic heterocycles. The van der Waals surface area contributed by atoms with E-state index in [1.807, 2.05) is 51.1 Å². The first-order chi connectivity index (χ1) is 12.9. The van der Waals surface area contributed by atoms with Crippen LogP contribution < -0.4 is 0 Å². The zero-order valence-corrected chi connectivity index (χ0v) is 16.0. The highest BCUT2D eigenvalue weighted by molar-refractivity contribution is 5.92. The maximum Gasteiger partial charge on any atom is 0.339 e. The summed E-state index contributed by atoms with van der Waals surface area (Å²) in [5.41, 5.74) is 3.09. The molecule has 2 rings (SSSR count). The van der Waals surface area contributed by atoms with E-state index in [0.717, 1.165) is 16.7 Å². The summed E-state index contributed by atoms with van der Waals surface area (Å²) in [5, 5.41) is 0. The van der Waals surface area contributed by atoms with Crippen molar-refractivity contribution in [2.45, 2.75) is 26.9 Å². The minimum atomic E-state index is -1.06. The van der Waals surface area contributed by atoms with Gasteiger partial charge >= 0.3 is 5.97 Å². The Balaban J connectivity index is 2.17. The summed E-state index contributed by atoms with van der Waals surface area (Å²) in [5.74, 6) is -0.833. The molecule has 1 aliphatic carbocycles. The Kier molecular flexibility index (Phi) is 7.30. The number of ether oxygens (including phenoxy) is 1. The van der Waals surface area contributed by atoms with E-state index in [1.165, 1.54) is 18.2 Å². The van der Waals surface area contributed by atoms with Crippen molar-refractivity contribution in [3.63, 3.8) is 0 Å². The van der Waals surface area contributed by atoms with Crippen LogP contribution in [-0.4, -0.2) is 12.1 Å². The van der Waals surface area contributed by atoms with Gasteiger partial charge in [-0.3, -0.25) is 0 Å². The third-order valence-corrected chi connectivity index (χ3v) is 3.94. The lowest BCUT2D eigenvalue weighted by molar-refractivity contribution is -0.141. The van der Waals surface area contributed by atoms with Gasteiger partial charge in [0.1, 0.15) is 5.83 Å². The molecule has 0 amide bonds. The zero-order valence-electron chi connectivity index (χ0n) is 16.0. The van der Waals surface area contributed by atoms with E-state index in [4.69, 9.17) is 4.74 Å². The van der Waals surface area contributed by atoms with Gasteiger partial charge in [-0.25, -0.2) is 9.18 Å². The van der Waals surface area contributed by atoms with Crippen LogP contribution in [0.15, 0.2) is 90.9 Å². The van der Waals surface area contributed by atoms with E-state index in [-0.39, 0.29) is 5.92 Å². The predicted molar refractivity (Wildman–Crippen MR) is 110 cm³/mol. The van der Waals surface area contributed by atoms with Crippen molar-refractivity contribution in [3.8, 4) is 0 Å². The Bertz CT molecular complexity index is 834. The number of carbonyl (C=O) groups is 1. The first-order valence-corrected chi connectivity index (χ1v) is 8.95. The molecule has 27 heavy (non-hydrogen) atoms. The van der Waals surface area contributed by atoms with Crippen molar-refractivity contribution in [1.29, 1.82) is 0 Å². The molecule has 1 aliphatic rings. The molecule has 0 saturated heterocycles. The Morgan fingerprint density at radius 3 is 2.59 bits per heavy atom. The molecular formula is C24H25FO2. The average molecular weight is 364 g/mol. The molecule has 2 nitrogen and oxygen atoms in total. The highest BCUT2D eigenvalue weighted by Gasteiger charge is 2.20. The van der Waals surface area contributed by atoms with Gasteiger partial charge in [0.15, 0.2) is 6.10 Å². The zero-order chi connectivity index (χ0) is 19.8. The van der Waals surface area contributed by atoms with Gasteiger partial charge in [0.25, 0.3) is 0 Å². The van der Waals surface area contributed by atoms with Gasteiger partial charge in [0.05, 0.1) is 5.57 Å². The van der Waals surface area contributed by atoms with Crippen LogP contribution in [0.3, 0.4) is 0 Å². The lowest BCUT2D eigenvalue weighted by atomic mass is 10.0. The normalized spacial score (nSPS) is 17.5. The number of hydrogen-bond acceptors (Lipinski definition) is 2. The first-order valence-electron chi connectivity index (χ1n) is 8.95. The summed E-state index contributed by atoms with van der Waals surface area (Å²) < 4.78 is 20.0. The topological polar surface area (TPSA) is 26.3 Å². The fourth-order valence-electron chi connectivity index (χ4n) is 2.45. The molecule has 0 spiro atoms. The number of carbonyl (C=O) groups excluding carboxylic acids is 1. The van der Waals surface area contributed by atoms with Crippen molar-refractivity contribution in [2.24, 2.45) is 5.92 Å².